The molecule has 0 unspecified atom stereocenters. The molecule has 0 aromatic carbocycles. The van der Waals surface area contributed by atoms with E-state index in [2.05, 4.69) is 0 Å². The number of hydrazine groups is 1. The van der Waals surface area contributed by atoms with Gasteiger partial charge in [-0.2, -0.15) is 0 Å². The number of hydrogen-bond donors (Lipinski definition) is 0. The highest BCUT2D eigenvalue weighted by Crippen LogP contribution is 1.82. The van der Waals surface area contributed by atoms with Crippen LogP contribution in [0.5, 0.6) is 0 Å². The van der Waals surface area contributed by atoms with E-state index in [0.717, 1.165) is 0 Å². The van der Waals surface area contributed by atoms with Crippen molar-refractivity contribution >= 4 is 0 Å². The van der Waals surface area contributed by atoms with Crippen LogP contribution >= 0.6 is 0 Å². The minimum Gasteiger partial charge on any atom is -0.368 e. The van der Waals surface area contributed by atoms with Crippen LogP contribution in [-0.4, -0.2) is 45.0 Å². The van der Waals surface area contributed by atoms with Gasteiger partial charge in [-0.25, -0.2) is 10.0 Å². The maximum absolute atomic E-state index is 4.85. The molecular formula is C5H14N2O. The summed E-state index contributed by atoms with van der Waals surface area (Å²) in [7, 11) is 7.58. The van der Waals surface area contributed by atoms with Gasteiger partial charge in [0.25, 0.3) is 0 Å². The fraction of sp³-hybridized carbons (Fsp3) is 1.00. The van der Waals surface area contributed by atoms with Gasteiger partial charge in [-0.3, -0.25) is 0 Å². The third-order valence-electron chi connectivity index (χ3n) is 0.999. The van der Waals surface area contributed by atoms with Gasteiger partial charge in [0.1, 0.15) is 6.73 Å². The summed E-state index contributed by atoms with van der Waals surface area (Å²) in [4.78, 5) is 0. The Bertz CT molecular complexity index is 56.4. The molecule has 0 aromatic rings. The Morgan fingerprint density at radius 3 is 1.88 bits per heavy atom. The van der Waals surface area contributed by atoms with Crippen LogP contribution in [0.3, 0.4) is 0 Å². The van der Waals surface area contributed by atoms with Gasteiger partial charge in [-0.1, -0.05) is 0 Å². The number of hydrogen-bond acceptors (Lipinski definition) is 3. The normalized spacial score (nSPS) is 11.2. The summed E-state index contributed by atoms with van der Waals surface area (Å²) >= 11 is 0. The molecule has 0 saturated carbocycles. The maximum Gasteiger partial charge on any atom is 0.111 e. The van der Waals surface area contributed by atoms with Gasteiger partial charge in [-0.15, -0.1) is 0 Å². The van der Waals surface area contributed by atoms with Crippen LogP contribution in [0, 0.1) is 0 Å². The van der Waals surface area contributed by atoms with Crippen molar-refractivity contribution in [1.82, 2.24) is 10.0 Å². The van der Waals surface area contributed by atoms with E-state index in [9.17, 15) is 0 Å². The van der Waals surface area contributed by atoms with E-state index in [4.69, 9.17) is 4.74 Å². The lowest BCUT2D eigenvalue weighted by Crippen LogP contribution is -2.34. The Kier molecular flexibility index (Phi) is 3.77. The van der Waals surface area contributed by atoms with Gasteiger partial charge >= 0.3 is 0 Å². The molecule has 0 rings (SSSR count). The molecule has 0 fully saturated rings. The second-order valence-corrected chi connectivity index (χ2v) is 1.92. The smallest absolute Gasteiger partial charge is 0.111 e. The molecule has 0 aliphatic heterocycles. The van der Waals surface area contributed by atoms with Crippen LogP contribution < -0.4 is 0 Å². The van der Waals surface area contributed by atoms with Crippen molar-refractivity contribution in [3.8, 4) is 0 Å². The van der Waals surface area contributed by atoms with Crippen molar-refractivity contribution in [3.63, 3.8) is 0 Å². The Hall–Kier alpha value is -0.120. The number of nitrogens with zero attached hydrogens (tertiary/aromatic N) is 2. The topological polar surface area (TPSA) is 15.7 Å². The highest BCUT2D eigenvalue weighted by molar-refractivity contribution is 4.28. The molecule has 0 aliphatic rings. The molecule has 3 nitrogen and oxygen atoms in total. The van der Waals surface area contributed by atoms with Crippen LogP contribution in [0.25, 0.3) is 0 Å². The Morgan fingerprint density at radius 2 is 1.75 bits per heavy atom. The molecule has 3 heteroatoms. The Balaban J connectivity index is 3.17. The summed E-state index contributed by atoms with van der Waals surface area (Å²) in [5.41, 5.74) is 0. The Morgan fingerprint density at radius 1 is 1.25 bits per heavy atom. The second kappa shape index (κ2) is 3.83. The molecule has 0 N–H and O–H groups in total. The monoisotopic (exact) mass is 118 g/mol. The first kappa shape index (κ1) is 7.88. The fourth-order valence-corrected chi connectivity index (χ4v) is 0.302. The second-order valence-electron chi connectivity index (χ2n) is 1.92. The summed E-state index contributed by atoms with van der Waals surface area (Å²) in [5, 5.41) is 3.92. The van der Waals surface area contributed by atoms with Gasteiger partial charge in [0, 0.05) is 28.3 Å². The first-order valence-electron chi connectivity index (χ1n) is 2.55. The summed E-state index contributed by atoms with van der Waals surface area (Å²) in [6.07, 6.45) is 0. The summed E-state index contributed by atoms with van der Waals surface area (Å²) in [6, 6.07) is 0. The zero-order chi connectivity index (χ0) is 6.57. The van der Waals surface area contributed by atoms with Crippen molar-refractivity contribution in [2.45, 2.75) is 0 Å². The predicted octanol–water partition coefficient (Wildman–Crippen LogP) is -0.00130. The molecular weight excluding hydrogens is 104 g/mol. The van der Waals surface area contributed by atoms with Gasteiger partial charge in [0.15, 0.2) is 0 Å². The minimum atomic E-state index is 0.646. The number of rotatable bonds is 3. The molecule has 0 saturated heterocycles. The van der Waals surface area contributed by atoms with E-state index in [1.54, 1.807) is 7.11 Å². The summed E-state index contributed by atoms with van der Waals surface area (Å²) in [5.74, 6) is 0. The lowest BCUT2D eigenvalue weighted by atomic mass is 11.0. The zero-order valence-corrected chi connectivity index (χ0v) is 6.01. The standard InChI is InChI=1S/C5H14N2O/c1-6(2)7(3)5-8-4/h5H2,1-4H3. The lowest BCUT2D eigenvalue weighted by molar-refractivity contribution is -0.0421. The van der Waals surface area contributed by atoms with Crippen LogP contribution in [0.4, 0.5) is 0 Å². The average Bonchev–Trinajstić information content (AvgIpc) is 1.67. The third-order valence-corrected chi connectivity index (χ3v) is 0.999. The van der Waals surface area contributed by atoms with Crippen LogP contribution in [0.1, 0.15) is 0 Å². The summed E-state index contributed by atoms with van der Waals surface area (Å²) < 4.78 is 4.85. The molecule has 0 aromatic heterocycles. The largest absolute Gasteiger partial charge is 0.368 e. The molecule has 0 atom stereocenters. The van der Waals surface area contributed by atoms with Crippen molar-refractivity contribution in [2.24, 2.45) is 0 Å². The molecule has 0 amide bonds. The van der Waals surface area contributed by atoms with E-state index >= 15 is 0 Å². The number of methoxy groups -OCH3 is 1. The predicted molar refractivity (Wildman–Crippen MR) is 33.3 cm³/mol. The van der Waals surface area contributed by atoms with Crippen LogP contribution in [0.2, 0.25) is 0 Å². The van der Waals surface area contributed by atoms with E-state index in [0.29, 0.717) is 6.73 Å². The molecule has 8 heavy (non-hydrogen) atoms. The van der Waals surface area contributed by atoms with Crippen molar-refractivity contribution in [3.05, 3.63) is 0 Å². The molecule has 0 spiro atoms. The minimum absolute atomic E-state index is 0.646. The molecule has 0 aliphatic carbocycles. The van der Waals surface area contributed by atoms with Gasteiger partial charge < -0.3 is 4.74 Å². The number of ether oxygens (including phenoxy) is 1. The highest BCUT2D eigenvalue weighted by atomic mass is 16.5. The third kappa shape index (κ3) is 2.96. The van der Waals surface area contributed by atoms with Gasteiger partial charge in [0.05, 0.1) is 0 Å². The van der Waals surface area contributed by atoms with E-state index in [1.807, 2.05) is 31.2 Å². The molecule has 50 valence electrons. The molecule has 0 heterocycles. The van der Waals surface area contributed by atoms with E-state index in [1.165, 1.54) is 0 Å². The highest BCUT2D eigenvalue weighted by Gasteiger charge is 1.95. The van der Waals surface area contributed by atoms with Crippen LogP contribution in [-0.2, 0) is 4.74 Å². The van der Waals surface area contributed by atoms with Gasteiger partial charge in [0.2, 0.25) is 0 Å². The molecule has 0 bridgehead atoms. The van der Waals surface area contributed by atoms with Crippen molar-refractivity contribution in [1.29, 1.82) is 0 Å². The first-order chi connectivity index (χ1) is 3.68. The first-order valence-corrected chi connectivity index (χ1v) is 2.55. The quantitative estimate of drug-likeness (QED) is 0.383. The SMILES string of the molecule is COCN(C)N(C)C. The van der Waals surface area contributed by atoms with Gasteiger partial charge in [-0.05, 0) is 0 Å². The van der Waals surface area contributed by atoms with Crippen LogP contribution in [0.15, 0.2) is 0 Å². The van der Waals surface area contributed by atoms with E-state index < -0.39 is 0 Å². The van der Waals surface area contributed by atoms with E-state index in [-0.39, 0.29) is 0 Å². The zero-order valence-electron chi connectivity index (χ0n) is 6.01. The molecule has 0 radical (unpaired) electrons. The van der Waals surface area contributed by atoms with Crippen molar-refractivity contribution < 1.29 is 4.74 Å². The fourth-order valence-electron chi connectivity index (χ4n) is 0.302. The average molecular weight is 118 g/mol. The van der Waals surface area contributed by atoms with Crippen molar-refractivity contribution in [2.75, 3.05) is 35.0 Å². The maximum atomic E-state index is 4.85. The lowest BCUT2D eigenvalue weighted by Gasteiger charge is -2.22. The Labute approximate surface area is 50.8 Å². The summed E-state index contributed by atoms with van der Waals surface area (Å²) in [6.45, 7) is 0.646.